The summed E-state index contributed by atoms with van der Waals surface area (Å²) in [6.07, 6.45) is -1.26. The molecule has 3 aromatic rings. The number of halogens is 3. The van der Waals surface area contributed by atoms with Gasteiger partial charge < -0.3 is 4.90 Å². The van der Waals surface area contributed by atoms with Gasteiger partial charge in [0.2, 0.25) is 0 Å². The smallest absolute Gasteiger partial charge is 0.330 e. The van der Waals surface area contributed by atoms with E-state index in [1.807, 2.05) is 6.92 Å². The monoisotopic (exact) mass is 406 g/mol. The number of hydrogen-bond acceptors (Lipinski definition) is 4. The number of amides is 1. The van der Waals surface area contributed by atoms with Gasteiger partial charge in [-0.2, -0.15) is 23.4 Å². The molecule has 154 valence electrons. The van der Waals surface area contributed by atoms with Crippen molar-refractivity contribution in [3.63, 3.8) is 0 Å². The van der Waals surface area contributed by atoms with Gasteiger partial charge in [0, 0.05) is 31.0 Å². The van der Waals surface area contributed by atoms with E-state index in [-0.39, 0.29) is 11.6 Å². The van der Waals surface area contributed by atoms with Crippen LogP contribution in [0.4, 0.5) is 13.2 Å². The molecule has 1 amide bonds. The molecule has 10 heteroatoms. The zero-order chi connectivity index (χ0) is 20.9. The van der Waals surface area contributed by atoms with Gasteiger partial charge in [0.1, 0.15) is 5.69 Å². The van der Waals surface area contributed by atoms with E-state index in [9.17, 15) is 18.0 Å². The average molecular weight is 406 g/mol. The minimum Gasteiger partial charge on any atom is -0.330 e. The largest absolute Gasteiger partial charge is 0.433 e. The van der Waals surface area contributed by atoms with Crippen LogP contribution < -0.4 is 0 Å². The van der Waals surface area contributed by atoms with Crippen LogP contribution in [0.3, 0.4) is 0 Å². The maximum absolute atomic E-state index is 13.5. The van der Waals surface area contributed by atoms with E-state index in [1.54, 1.807) is 29.6 Å². The number of carbonyl (C=O) groups excluding carboxylic acids is 1. The van der Waals surface area contributed by atoms with Crippen molar-refractivity contribution in [3.8, 4) is 0 Å². The van der Waals surface area contributed by atoms with Crippen LogP contribution in [0.2, 0.25) is 0 Å². The second kappa shape index (κ2) is 6.85. The van der Waals surface area contributed by atoms with Crippen LogP contribution in [0.1, 0.15) is 58.9 Å². The normalized spacial score (nSPS) is 17.4. The number of hydrogen-bond donors (Lipinski definition) is 0. The predicted octanol–water partition coefficient (Wildman–Crippen LogP) is 3.33. The fraction of sp³-hybridized carbons (Fsp3) is 0.474. The van der Waals surface area contributed by atoms with Gasteiger partial charge in [-0.3, -0.25) is 9.48 Å². The van der Waals surface area contributed by atoms with Crippen LogP contribution in [-0.4, -0.2) is 41.7 Å². The van der Waals surface area contributed by atoms with E-state index in [0.717, 1.165) is 22.7 Å². The lowest BCUT2D eigenvalue weighted by molar-refractivity contribution is -0.142. The molecular formula is C19H21F3N6O. The molecule has 1 saturated heterocycles. The van der Waals surface area contributed by atoms with Gasteiger partial charge >= 0.3 is 6.18 Å². The lowest BCUT2D eigenvalue weighted by atomic mass is 10.1. The Bertz CT molecular complexity index is 1080. The zero-order valence-corrected chi connectivity index (χ0v) is 16.4. The van der Waals surface area contributed by atoms with Crippen LogP contribution >= 0.6 is 0 Å². The summed E-state index contributed by atoms with van der Waals surface area (Å²) in [4.78, 5) is 19.0. The van der Waals surface area contributed by atoms with Crippen molar-refractivity contribution in [2.24, 2.45) is 7.05 Å². The molecule has 0 aromatic carbocycles. The summed E-state index contributed by atoms with van der Waals surface area (Å²) >= 11 is 0. The van der Waals surface area contributed by atoms with E-state index < -0.39 is 17.9 Å². The highest BCUT2D eigenvalue weighted by molar-refractivity contribution is 5.95. The number of aromatic nitrogens is 5. The quantitative estimate of drug-likeness (QED) is 0.669. The average Bonchev–Trinajstić information content (AvgIpc) is 3.38. The van der Waals surface area contributed by atoms with Gasteiger partial charge in [-0.15, -0.1) is 0 Å². The van der Waals surface area contributed by atoms with Gasteiger partial charge in [0.15, 0.2) is 5.65 Å². The maximum atomic E-state index is 13.5. The van der Waals surface area contributed by atoms with Crippen molar-refractivity contribution >= 4 is 11.6 Å². The molecule has 0 bridgehead atoms. The van der Waals surface area contributed by atoms with Gasteiger partial charge in [-0.1, -0.05) is 6.92 Å². The van der Waals surface area contributed by atoms with Crippen molar-refractivity contribution < 1.29 is 18.0 Å². The molecule has 29 heavy (non-hydrogen) atoms. The second-order valence-corrected chi connectivity index (χ2v) is 7.25. The number of likely N-dealkylation sites (tertiary alicyclic amines) is 1. The van der Waals surface area contributed by atoms with Gasteiger partial charge in [0.25, 0.3) is 5.91 Å². The summed E-state index contributed by atoms with van der Waals surface area (Å²) in [5.74, 6) is -0.187. The van der Waals surface area contributed by atoms with Crippen LogP contribution in [0.5, 0.6) is 0 Å². The fourth-order valence-electron chi connectivity index (χ4n) is 3.77. The Kier molecular flexibility index (Phi) is 4.59. The van der Waals surface area contributed by atoms with Gasteiger partial charge in [-0.05, 0) is 32.3 Å². The summed E-state index contributed by atoms with van der Waals surface area (Å²) < 4.78 is 43.1. The molecule has 3 aromatic heterocycles. The summed E-state index contributed by atoms with van der Waals surface area (Å²) in [7, 11) is 1.76. The molecule has 1 aliphatic rings. The number of fused-ring (bicyclic) bond motifs is 1. The van der Waals surface area contributed by atoms with E-state index in [2.05, 4.69) is 15.2 Å². The van der Waals surface area contributed by atoms with Crippen LogP contribution in [0.15, 0.2) is 18.3 Å². The number of nitrogens with zero attached hydrogens (tertiary/aromatic N) is 6. The third-order valence-corrected chi connectivity index (χ3v) is 5.47. The van der Waals surface area contributed by atoms with Crippen molar-refractivity contribution in [2.75, 3.05) is 6.54 Å². The molecule has 4 heterocycles. The molecule has 0 radical (unpaired) electrons. The molecular weight excluding hydrogens is 385 g/mol. The third kappa shape index (κ3) is 3.26. The topological polar surface area (TPSA) is 68.3 Å². The molecule has 0 spiro atoms. The third-order valence-electron chi connectivity index (χ3n) is 5.47. The first-order chi connectivity index (χ1) is 13.7. The summed E-state index contributed by atoms with van der Waals surface area (Å²) in [5, 5.41) is 8.32. The van der Waals surface area contributed by atoms with Gasteiger partial charge in [-0.25, -0.2) is 9.50 Å². The Morgan fingerprint density at radius 2 is 2.07 bits per heavy atom. The molecule has 0 N–H and O–H groups in total. The Morgan fingerprint density at radius 3 is 2.69 bits per heavy atom. The van der Waals surface area contributed by atoms with Crippen LogP contribution in [0.25, 0.3) is 5.65 Å². The standard InChI is InChI=1S/C19H21F3N6O/c1-4-12-8-16(19(20,21)22)28-17(24-12)9-14(25-28)15-6-5-7-27(15)18(29)13-10-23-26(3)11(13)2/h8-10,15H,4-7H2,1-3H3/t15-/m1/s1. The zero-order valence-electron chi connectivity index (χ0n) is 16.4. The van der Waals surface area contributed by atoms with Crippen molar-refractivity contribution in [2.45, 2.75) is 45.3 Å². The Balaban J connectivity index is 1.75. The summed E-state index contributed by atoms with van der Waals surface area (Å²) in [5.41, 5.74) is 1.29. The number of alkyl halides is 3. The van der Waals surface area contributed by atoms with Crippen molar-refractivity contribution in [1.29, 1.82) is 0 Å². The van der Waals surface area contributed by atoms with Crippen LogP contribution in [-0.2, 0) is 19.6 Å². The Hall–Kier alpha value is -2.91. The molecule has 0 unspecified atom stereocenters. The maximum Gasteiger partial charge on any atom is 0.433 e. The first-order valence-electron chi connectivity index (χ1n) is 9.47. The highest BCUT2D eigenvalue weighted by atomic mass is 19.4. The van der Waals surface area contributed by atoms with E-state index in [4.69, 9.17) is 0 Å². The first kappa shape index (κ1) is 19.4. The number of carbonyl (C=O) groups is 1. The molecule has 1 fully saturated rings. The number of rotatable bonds is 3. The summed E-state index contributed by atoms with van der Waals surface area (Å²) in [6, 6.07) is 2.19. The van der Waals surface area contributed by atoms with Crippen LogP contribution in [0, 0.1) is 6.92 Å². The molecule has 7 nitrogen and oxygen atoms in total. The first-order valence-corrected chi connectivity index (χ1v) is 9.47. The molecule has 1 aliphatic heterocycles. The van der Waals surface area contributed by atoms with Gasteiger partial charge in [0.05, 0.1) is 23.5 Å². The van der Waals surface area contributed by atoms with Crippen molar-refractivity contribution in [3.05, 3.63) is 46.7 Å². The minimum absolute atomic E-state index is 0.142. The fourth-order valence-corrected chi connectivity index (χ4v) is 3.77. The van der Waals surface area contributed by atoms with E-state index in [1.165, 1.54) is 6.20 Å². The highest BCUT2D eigenvalue weighted by Crippen LogP contribution is 2.35. The Labute approximate surface area is 165 Å². The molecule has 4 rings (SSSR count). The highest BCUT2D eigenvalue weighted by Gasteiger charge is 2.37. The molecule has 1 atom stereocenters. The molecule has 0 saturated carbocycles. The van der Waals surface area contributed by atoms with E-state index >= 15 is 0 Å². The lowest BCUT2D eigenvalue weighted by Gasteiger charge is -2.23. The van der Waals surface area contributed by atoms with Crippen molar-refractivity contribution in [1.82, 2.24) is 29.3 Å². The lowest BCUT2D eigenvalue weighted by Crippen LogP contribution is -2.31. The summed E-state index contributed by atoms with van der Waals surface area (Å²) in [6.45, 7) is 4.08. The van der Waals surface area contributed by atoms with E-state index in [0.29, 0.717) is 36.3 Å². The number of aryl methyl sites for hydroxylation is 2. The minimum atomic E-state index is -4.55. The Morgan fingerprint density at radius 1 is 1.31 bits per heavy atom. The molecule has 0 aliphatic carbocycles. The second-order valence-electron chi connectivity index (χ2n) is 7.25. The predicted molar refractivity (Wildman–Crippen MR) is 98.3 cm³/mol. The SMILES string of the molecule is CCc1cc(C(F)(F)F)n2nc([C@H]3CCCN3C(=O)c3cnn(C)c3C)cc2n1.